The van der Waals surface area contributed by atoms with Crippen molar-refractivity contribution in [3.8, 4) is 0 Å². The summed E-state index contributed by atoms with van der Waals surface area (Å²) in [5, 5.41) is 0.785. The average molecular weight is 267 g/mol. The Labute approximate surface area is 113 Å². The summed E-state index contributed by atoms with van der Waals surface area (Å²) in [6.45, 7) is 2.33. The average Bonchev–Trinajstić information content (AvgIpc) is 2.60. The van der Waals surface area contributed by atoms with E-state index in [1.54, 1.807) is 0 Å². The molecule has 1 unspecified atom stereocenters. The second-order valence-corrected chi connectivity index (χ2v) is 9.45. The number of nitrogens with zero attached hydrogens (tertiary/aromatic N) is 1. The maximum atomic E-state index is 5.26. The van der Waals surface area contributed by atoms with Crippen LogP contribution in [-0.2, 0) is 0 Å². The third-order valence-corrected chi connectivity index (χ3v) is 7.80. The van der Waals surface area contributed by atoms with Gasteiger partial charge in [-0.3, -0.25) is 4.99 Å². The minimum absolute atomic E-state index is 0.397. The van der Waals surface area contributed by atoms with Gasteiger partial charge in [0.2, 0.25) is 0 Å². The fourth-order valence-electron chi connectivity index (χ4n) is 4.88. The summed E-state index contributed by atoms with van der Waals surface area (Å²) in [5.41, 5.74) is 0.397. The van der Waals surface area contributed by atoms with Crippen LogP contribution in [0.25, 0.3) is 0 Å². The van der Waals surface area contributed by atoms with Gasteiger partial charge in [0.25, 0.3) is 0 Å². The highest BCUT2D eigenvalue weighted by Gasteiger charge is 2.51. The SMILES string of the molecule is CC1CSC(=NC23CC4CC(CC(C4)C2)C3)S1. The molecule has 5 rings (SSSR count). The van der Waals surface area contributed by atoms with Gasteiger partial charge in [-0.05, 0) is 56.3 Å². The van der Waals surface area contributed by atoms with Crippen molar-refractivity contribution in [2.75, 3.05) is 5.75 Å². The largest absolute Gasteiger partial charge is 0.265 e. The van der Waals surface area contributed by atoms with Gasteiger partial charge < -0.3 is 0 Å². The molecular weight excluding hydrogens is 246 g/mol. The standard InChI is InChI=1S/C14H21NS2/c1-9-8-16-13(17-9)15-14-5-10-2-11(6-14)4-12(3-10)7-14/h9-12H,2-8H2,1H3. The predicted octanol–water partition coefficient (Wildman–Crippen LogP) is 4.18. The summed E-state index contributed by atoms with van der Waals surface area (Å²) in [4.78, 5) is 5.26. The van der Waals surface area contributed by atoms with Crippen LogP contribution >= 0.6 is 23.5 Å². The van der Waals surface area contributed by atoms with E-state index in [1.165, 1.54) is 48.7 Å². The molecule has 1 atom stereocenters. The Morgan fingerprint density at radius 3 is 2.12 bits per heavy atom. The van der Waals surface area contributed by atoms with E-state index in [0.717, 1.165) is 23.0 Å². The van der Waals surface area contributed by atoms with Crippen LogP contribution in [0, 0.1) is 17.8 Å². The highest BCUT2D eigenvalue weighted by molar-refractivity contribution is 8.41. The first-order valence-corrected chi connectivity index (χ1v) is 8.97. The van der Waals surface area contributed by atoms with Crippen molar-refractivity contribution in [3.63, 3.8) is 0 Å². The predicted molar refractivity (Wildman–Crippen MR) is 77.8 cm³/mol. The fourth-order valence-corrected chi connectivity index (χ4v) is 7.55. The van der Waals surface area contributed by atoms with Crippen LogP contribution < -0.4 is 0 Å². The molecule has 17 heavy (non-hydrogen) atoms. The van der Waals surface area contributed by atoms with Crippen molar-refractivity contribution >= 4 is 27.9 Å². The lowest BCUT2D eigenvalue weighted by molar-refractivity contribution is 0.00198. The minimum atomic E-state index is 0.397. The molecule has 5 fully saturated rings. The van der Waals surface area contributed by atoms with Gasteiger partial charge in [0.1, 0.15) is 4.38 Å². The van der Waals surface area contributed by atoms with E-state index >= 15 is 0 Å². The fraction of sp³-hybridized carbons (Fsp3) is 0.929. The molecule has 4 aliphatic carbocycles. The van der Waals surface area contributed by atoms with Gasteiger partial charge in [0.05, 0.1) is 5.54 Å². The van der Waals surface area contributed by atoms with E-state index < -0.39 is 0 Å². The monoisotopic (exact) mass is 267 g/mol. The summed E-state index contributed by atoms with van der Waals surface area (Å²) in [7, 11) is 0. The third kappa shape index (κ3) is 1.98. The number of hydrogen-bond acceptors (Lipinski definition) is 3. The van der Waals surface area contributed by atoms with Crippen molar-refractivity contribution in [1.29, 1.82) is 0 Å². The molecule has 0 radical (unpaired) electrons. The summed E-state index contributed by atoms with van der Waals surface area (Å²) >= 11 is 4.04. The van der Waals surface area contributed by atoms with Crippen LogP contribution in [0.15, 0.2) is 4.99 Å². The number of aliphatic imine (C=N–C) groups is 1. The molecule has 3 heteroatoms. The van der Waals surface area contributed by atoms with Crippen molar-refractivity contribution in [2.45, 2.75) is 56.2 Å². The van der Waals surface area contributed by atoms with Gasteiger partial charge in [-0.15, -0.1) is 0 Å². The van der Waals surface area contributed by atoms with Crippen LogP contribution in [-0.4, -0.2) is 20.9 Å². The Morgan fingerprint density at radius 1 is 1.06 bits per heavy atom. The maximum Gasteiger partial charge on any atom is 0.125 e. The van der Waals surface area contributed by atoms with Gasteiger partial charge in [-0.25, -0.2) is 0 Å². The molecule has 0 spiro atoms. The van der Waals surface area contributed by atoms with E-state index in [9.17, 15) is 0 Å². The van der Waals surface area contributed by atoms with Gasteiger partial charge >= 0.3 is 0 Å². The van der Waals surface area contributed by atoms with E-state index in [0.29, 0.717) is 5.54 Å². The van der Waals surface area contributed by atoms with Gasteiger partial charge in [0.15, 0.2) is 0 Å². The normalized spacial score (nSPS) is 54.8. The first kappa shape index (κ1) is 11.2. The molecule has 1 saturated heterocycles. The molecule has 1 heterocycles. The summed E-state index contributed by atoms with van der Waals surface area (Å²) in [5.74, 6) is 4.36. The third-order valence-electron chi connectivity index (χ3n) is 5.08. The molecule has 94 valence electrons. The lowest BCUT2D eigenvalue weighted by Crippen LogP contribution is -2.49. The molecule has 0 aromatic carbocycles. The van der Waals surface area contributed by atoms with Crippen molar-refractivity contribution in [3.05, 3.63) is 0 Å². The van der Waals surface area contributed by atoms with E-state index in [2.05, 4.69) is 6.92 Å². The molecule has 1 aliphatic heterocycles. The number of rotatable bonds is 1. The Hall–Kier alpha value is 0.370. The Kier molecular flexibility index (Phi) is 2.59. The van der Waals surface area contributed by atoms with Crippen LogP contribution in [0.4, 0.5) is 0 Å². The van der Waals surface area contributed by atoms with Gasteiger partial charge in [-0.1, -0.05) is 30.4 Å². The van der Waals surface area contributed by atoms with Crippen LogP contribution in [0.5, 0.6) is 0 Å². The molecule has 0 N–H and O–H groups in total. The maximum absolute atomic E-state index is 5.26. The van der Waals surface area contributed by atoms with Crippen LogP contribution in [0.2, 0.25) is 0 Å². The molecule has 1 nitrogen and oxygen atoms in total. The molecule has 5 aliphatic rings. The quantitative estimate of drug-likeness (QED) is 0.706. The first-order chi connectivity index (χ1) is 8.21. The zero-order chi connectivity index (χ0) is 11.5. The molecule has 4 bridgehead atoms. The lowest BCUT2D eigenvalue weighted by atomic mass is 9.53. The van der Waals surface area contributed by atoms with Crippen molar-refractivity contribution in [2.24, 2.45) is 22.7 Å². The van der Waals surface area contributed by atoms with Crippen LogP contribution in [0.3, 0.4) is 0 Å². The van der Waals surface area contributed by atoms with E-state index in [4.69, 9.17) is 4.99 Å². The number of hydrogen-bond donors (Lipinski definition) is 0. The van der Waals surface area contributed by atoms with Crippen LogP contribution in [0.1, 0.15) is 45.4 Å². The Morgan fingerprint density at radius 2 is 1.65 bits per heavy atom. The smallest absolute Gasteiger partial charge is 0.125 e. The zero-order valence-corrected chi connectivity index (χ0v) is 12.2. The second-order valence-electron chi connectivity index (χ2n) is 6.76. The summed E-state index contributed by atoms with van der Waals surface area (Å²) in [6.07, 6.45) is 8.83. The first-order valence-electron chi connectivity index (χ1n) is 7.10. The Bertz CT molecular complexity index is 328. The number of thioether (sulfide) groups is 2. The second kappa shape index (κ2) is 3.93. The lowest BCUT2D eigenvalue weighted by Gasteiger charge is -2.55. The zero-order valence-electron chi connectivity index (χ0n) is 10.5. The minimum Gasteiger partial charge on any atom is -0.265 e. The highest BCUT2D eigenvalue weighted by atomic mass is 32.2. The summed E-state index contributed by atoms with van der Waals surface area (Å²) in [6, 6.07) is 0. The Balaban J connectivity index is 1.60. The molecule has 0 amide bonds. The summed E-state index contributed by atoms with van der Waals surface area (Å²) < 4.78 is 1.42. The van der Waals surface area contributed by atoms with Gasteiger partial charge in [0, 0.05) is 11.0 Å². The highest BCUT2D eigenvalue weighted by Crippen LogP contribution is 2.57. The molecule has 0 aromatic rings. The van der Waals surface area contributed by atoms with E-state index in [-0.39, 0.29) is 0 Å². The molecule has 4 saturated carbocycles. The topological polar surface area (TPSA) is 12.4 Å². The molecular formula is C14H21NS2. The molecule has 0 aromatic heterocycles. The van der Waals surface area contributed by atoms with Crippen molar-refractivity contribution in [1.82, 2.24) is 0 Å². The van der Waals surface area contributed by atoms with Crippen molar-refractivity contribution < 1.29 is 0 Å². The van der Waals surface area contributed by atoms with E-state index in [1.807, 2.05) is 23.5 Å². The van der Waals surface area contributed by atoms with Gasteiger partial charge in [-0.2, -0.15) is 0 Å².